The van der Waals surface area contributed by atoms with Gasteiger partial charge in [-0.15, -0.1) is 0 Å². The van der Waals surface area contributed by atoms with E-state index < -0.39 is 0 Å². The zero-order chi connectivity index (χ0) is 15.1. The van der Waals surface area contributed by atoms with Gasteiger partial charge in [0.25, 0.3) is 0 Å². The van der Waals surface area contributed by atoms with Gasteiger partial charge < -0.3 is 9.64 Å². The van der Waals surface area contributed by atoms with Crippen molar-refractivity contribution in [3.8, 4) is 0 Å². The molecule has 2 nitrogen and oxygen atoms in total. The molecule has 0 bridgehead atoms. The molecule has 21 heavy (non-hydrogen) atoms. The Morgan fingerprint density at radius 3 is 2.19 bits per heavy atom. The van der Waals surface area contributed by atoms with E-state index in [9.17, 15) is 0 Å². The molecule has 0 aliphatic carbocycles. The van der Waals surface area contributed by atoms with Crippen molar-refractivity contribution in [1.29, 1.82) is 0 Å². The number of ether oxygens (including phenoxy) is 1. The number of nitrogens with zero attached hydrogens (tertiary/aromatic N) is 1. The molecule has 2 atom stereocenters. The van der Waals surface area contributed by atoms with Gasteiger partial charge in [0.1, 0.15) is 0 Å². The van der Waals surface area contributed by atoms with Crippen LogP contribution in [0.5, 0.6) is 0 Å². The van der Waals surface area contributed by atoms with Crippen LogP contribution in [0.3, 0.4) is 0 Å². The van der Waals surface area contributed by atoms with Crippen molar-refractivity contribution in [3.63, 3.8) is 0 Å². The normalized spacial score (nSPS) is 22.5. The van der Waals surface area contributed by atoms with Gasteiger partial charge in [-0.1, -0.05) is 44.7 Å². The molecule has 0 saturated carbocycles. The predicted molar refractivity (Wildman–Crippen MR) is 91.1 cm³/mol. The van der Waals surface area contributed by atoms with Crippen LogP contribution in [0, 0.1) is 0 Å². The summed E-state index contributed by atoms with van der Waals surface area (Å²) >= 11 is 0. The fraction of sp³-hybridized carbons (Fsp3) is 0.684. The summed E-state index contributed by atoms with van der Waals surface area (Å²) in [5.41, 5.74) is 2.82. The summed E-state index contributed by atoms with van der Waals surface area (Å²) in [5, 5.41) is 0. The highest BCUT2D eigenvalue weighted by Crippen LogP contribution is 2.21. The lowest BCUT2D eigenvalue weighted by Crippen LogP contribution is -2.45. The van der Waals surface area contributed by atoms with Gasteiger partial charge in [0.05, 0.1) is 12.2 Å². The minimum absolute atomic E-state index is 0.326. The largest absolute Gasteiger partial charge is 0.372 e. The molecule has 0 amide bonds. The van der Waals surface area contributed by atoms with Crippen LogP contribution in [0.1, 0.15) is 58.4 Å². The first-order valence-electron chi connectivity index (χ1n) is 8.68. The molecule has 0 unspecified atom stereocenters. The third-order valence-corrected chi connectivity index (χ3v) is 4.29. The van der Waals surface area contributed by atoms with Gasteiger partial charge in [-0.2, -0.15) is 0 Å². The second-order valence-corrected chi connectivity index (χ2v) is 6.49. The molecule has 1 aliphatic rings. The van der Waals surface area contributed by atoms with E-state index in [4.69, 9.17) is 4.74 Å². The van der Waals surface area contributed by atoms with Gasteiger partial charge in [0.15, 0.2) is 0 Å². The highest BCUT2D eigenvalue weighted by molar-refractivity contribution is 5.48. The zero-order valence-corrected chi connectivity index (χ0v) is 14.0. The van der Waals surface area contributed by atoms with E-state index in [1.807, 2.05) is 0 Å². The first-order chi connectivity index (χ1) is 10.2. The van der Waals surface area contributed by atoms with E-state index in [-0.39, 0.29) is 0 Å². The Bertz CT molecular complexity index is 391. The molecule has 1 fully saturated rings. The number of rotatable bonds is 7. The van der Waals surface area contributed by atoms with Crippen molar-refractivity contribution in [2.75, 3.05) is 18.0 Å². The van der Waals surface area contributed by atoms with Crippen molar-refractivity contribution in [2.24, 2.45) is 0 Å². The number of hydrogen-bond donors (Lipinski definition) is 0. The van der Waals surface area contributed by atoms with Crippen LogP contribution in [0.25, 0.3) is 0 Å². The standard InChI is InChI=1S/C19H31NO/c1-4-5-6-7-8-9-18-10-12-19(13-11-18)20-14-16(2)21-17(3)15-20/h10-13,16-17H,4-9,14-15H2,1-3H3/t16-,17+. The zero-order valence-electron chi connectivity index (χ0n) is 14.0. The smallest absolute Gasteiger partial charge is 0.0726 e. The minimum Gasteiger partial charge on any atom is -0.372 e. The molecule has 0 radical (unpaired) electrons. The van der Waals surface area contributed by atoms with Gasteiger partial charge in [-0.25, -0.2) is 0 Å². The van der Waals surface area contributed by atoms with Crippen molar-refractivity contribution < 1.29 is 4.74 Å². The monoisotopic (exact) mass is 289 g/mol. The molecule has 2 heteroatoms. The number of hydrogen-bond acceptors (Lipinski definition) is 2. The van der Waals surface area contributed by atoms with Crippen molar-refractivity contribution in [2.45, 2.75) is 71.5 Å². The third kappa shape index (κ3) is 5.35. The second kappa shape index (κ2) is 8.43. The van der Waals surface area contributed by atoms with E-state index in [2.05, 4.69) is 49.9 Å². The van der Waals surface area contributed by atoms with Gasteiger partial charge in [0, 0.05) is 18.8 Å². The van der Waals surface area contributed by atoms with Gasteiger partial charge in [0.2, 0.25) is 0 Å². The molecule has 1 aliphatic heterocycles. The summed E-state index contributed by atoms with van der Waals surface area (Å²) in [7, 11) is 0. The molecule has 0 N–H and O–H groups in total. The number of aryl methyl sites for hydroxylation is 1. The van der Waals surface area contributed by atoms with E-state index in [1.165, 1.54) is 49.8 Å². The minimum atomic E-state index is 0.326. The maximum Gasteiger partial charge on any atom is 0.0726 e. The molecule has 1 saturated heterocycles. The molecule has 118 valence electrons. The predicted octanol–water partition coefficient (Wildman–Crippen LogP) is 4.81. The van der Waals surface area contributed by atoms with Crippen LogP contribution >= 0.6 is 0 Å². The van der Waals surface area contributed by atoms with Crippen LogP contribution in [0.15, 0.2) is 24.3 Å². The van der Waals surface area contributed by atoms with Crippen LogP contribution in [0.2, 0.25) is 0 Å². The highest BCUT2D eigenvalue weighted by atomic mass is 16.5. The molecule has 1 aromatic carbocycles. The lowest BCUT2D eigenvalue weighted by molar-refractivity contribution is -0.00521. The summed E-state index contributed by atoms with van der Waals surface area (Å²) < 4.78 is 5.81. The molecule has 2 rings (SSSR count). The summed E-state index contributed by atoms with van der Waals surface area (Å²) in [6.07, 6.45) is 8.66. The summed E-state index contributed by atoms with van der Waals surface area (Å²) in [4.78, 5) is 2.45. The highest BCUT2D eigenvalue weighted by Gasteiger charge is 2.22. The van der Waals surface area contributed by atoms with Gasteiger partial charge >= 0.3 is 0 Å². The Morgan fingerprint density at radius 2 is 1.57 bits per heavy atom. The van der Waals surface area contributed by atoms with E-state index in [1.54, 1.807) is 0 Å². The number of unbranched alkanes of at least 4 members (excludes halogenated alkanes) is 4. The SMILES string of the molecule is CCCCCCCc1ccc(N2C[C@@H](C)O[C@@H](C)C2)cc1. The average Bonchev–Trinajstić information content (AvgIpc) is 2.47. The Hall–Kier alpha value is -1.02. The first-order valence-corrected chi connectivity index (χ1v) is 8.68. The Labute approximate surface area is 130 Å². The Balaban J connectivity index is 1.81. The maximum atomic E-state index is 5.81. The van der Waals surface area contributed by atoms with E-state index in [0.717, 1.165) is 13.1 Å². The molecule has 1 heterocycles. The van der Waals surface area contributed by atoms with E-state index >= 15 is 0 Å². The van der Waals surface area contributed by atoms with Crippen molar-refractivity contribution in [3.05, 3.63) is 29.8 Å². The maximum absolute atomic E-state index is 5.81. The number of morpholine rings is 1. The van der Waals surface area contributed by atoms with Crippen molar-refractivity contribution in [1.82, 2.24) is 0 Å². The average molecular weight is 289 g/mol. The van der Waals surface area contributed by atoms with Gasteiger partial charge in [-0.3, -0.25) is 0 Å². The lowest BCUT2D eigenvalue weighted by atomic mass is 10.0. The molecule has 0 spiro atoms. The molecular weight excluding hydrogens is 258 g/mol. The fourth-order valence-electron chi connectivity index (χ4n) is 3.19. The van der Waals surface area contributed by atoms with Gasteiger partial charge in [-0.05, 0) is 44.4 Å². The summed E-state index contributed by atoms with van der Waals surface area (Å²) in [6.45, 7) is 8.59. The number of anilines is 1. The van der Waals surface area contributed by atoms with Crippen LogP contribution < -0.4 is 4.90 Å². The van der Waals surface area contributed by atoms with Crippen LogP contribution in [-0.4, -0.2) is 25.3 Å². The lowest BCUT2D eigenvalue weighted by Gasteiger charge is -2.36. The fourth-order valence-corrected chi connectivity index (χ4v) is 3.19. The second-order valence-electron chi connectivity index (χ2n) is 6.49. The number of benzene rings is 1. The molecule has 1 aromatic rings. The molecular formula is C19H31NO. The quantitative estimate of drug-likeness (QED) is 0.668. The van der Waals surface area contributed by atoms with E-state index in [0.29, 0.717) is 12.2 Å². The molecule has 0 aromatic heterocycles. The Morgan fingerprint density at radius 1 is 0.952 bits per heavy atom. The van der Waals surface area contributed by atoms with Crippen LogP contribution in [-0.2, 0) is 11.2 Å². The topological polar surface area (TPSA) is 12.5 Å². The third-order valence-electron chi connectivity index (χ3n) is 4.29. The summed E-state index contributed by atoms with van der Waals surface area (Å²) in [6, 6.07) is 9.18. The van der Waals surface area contributed by atoms with Crippen LogP contribution in [0.4, 0.5) is 5.69 Å². The first kappa shape index (κ1) is 16.4. The Kier molecular flexibility index (Phi) is 6.56. The van der Waals surface area contributed by atoms with Crippen molar-refractivity contribution >= 4 is 5.69 Å². The summed E-state index contributed by atoms with van der Waals surface area (Å²) in [5.74, 6) is 0.